The Kier molecular flexibility index (Phi) is 37.8. The lowest BCUT2D eigenvalue weighted by atomic mass is 10.1. The molecule has 0 rings (SSSR count). The lowest BCUT2D eigenvalue weighted by molar-refractivity contribution is -0.870. The summed E-state index contributed by atoms with van der Waals surface area (Å²) in [5.41, 5.74) is 0. The third-order valence-corrected chi connectivity index (χ3v) is 10.0. The Morgan fingerprint density at radius 3 is 1.60 bits per heavy atom. The normalized spacial score (nSPS) is 14.4. The molecule has 0 aliphatic carbocycles. The fourth-order valence-corrected chi connectivity index (χ4v) is 6.38. The van der Waals surface area contributed by atoms with Crippen molar-refractivity contribution in [3.8, 4) is 0 Å². The Bertz CT molecular complexity index is 1060. The molecule has 0 spiro atoms. The molecule has 0 saturated carbocycles. The van der Waals surface area contributed by atoms with E-state index < -0.39 is 13.9 Å². The summed E-state index contributed by atoms with van der Waals surface area (Å²) in [6.45, 7) is 5.22. The molecule has 0 heterocycles. The van der Waals surface area contributed by atoms with Crippen molar-refractivity contribution in [3.05, 3.63) is 60.8 Å². The number of rotatable bonds is 40. The van der Waals surface area contributed by atoms with Gasteiger partial charge in [0.25, 0.3) is 7.82 Å². The van der Waals surface area contributed by atoms with Gasteiger partial charge in [0.1, 0.15) is 19.3 Å². The monoisotopic (exact) mass is 794 g/mol. The van der Waals surface area contributed by atoms with E-state index >= 15 is 0 Å². The van der Waals surface area contributed by atoms with Gasteiger partial charge >= 0.3 is 5.97 Å². The fourth-order valence-electron chi connectivity index (χ4n) is 5.65. The van der Waals surface area contributed by atoms with Crippen molar-refractivity contribution in [1.82, 2.24) is 0 Å². The van der Waals surface area contributed by atoms with Gasteiger partial charge < -0.3 is 27.9 Å². The summed E-state index contributed by atoms with van der Waals surface area (Å²) >= 11 is 0. The zero-order valence-corrected chi connectivity index (χ0v) is 37.0. The van der Waals surface area contributed by atoms with Crippen molar-refractivity contribution >= 4 is 13.8 Å². The second-order valence-corrected chi connectivity index (χ2v) is 17.1. The topological polar surface area (TPSA) is 94.1 Å². The molecule has 0 bridgehead atoms. The van der Waals surface area contributed by atoms with Crippen LogP contribution < -0.4 is 4.89 Å². The third kappa shape index (κ3) is 43.2. The minimum Gasteiger partial charge on any atom is -0.756 e. The summed E-state index contributed by atoms with van der Waals surface area (Å²) < 4.78 is 34.5. The highest BCUT2D eigenvalue weighted by Gasteiger charge is 2.20. The number of phosphoric acid groups is 1. The van der Waals surface area contributed by atoms with E-state index in [0.29, 0.717) is 24.1 Å². The molecule has 2 unspecified atom stereocenters. The molecule has 8 nitrogen and oxygen atoms in total. The van der Waals surface area contributed by atoms with E-state index in [9.17, 15) is 14.3 Å². The van der Waals surface area contributed by atoms with Crippen molar-refractivity contribution in [2.24, 2.45) is 0 Å². The molecule has 0 aromatic carbocycles. The predicted octanol–water partition coefficient (Wildman–Crippen LogP) is 12.3. The van der Waals surface area contributed by atoms with Crippen LogP contribution in [0.5, 0.6) is 0 Å². The van der Waals surface area contributed by atoms with Crippen LogP contribution in [0.1, 0.15) is 168 Å². The molecule has 0 aromatic rings. The van der Waals surface area contributed by atoms with Gasteiger partial charge in [0.05, 0.1) is 34.4 Å². The Morgan fingerprint density at radius 2 is 1.05 bits per heavy atom. The molecule has 2 atom stereocenters. The highest BCUT2D eigenvalue weighted by molar-refractivity contribution is 7.45. The molecule has 0 N–H and O–H groups in total. The lowest BCUT2D eigenvalue weighted by Crippen LogP contribution is -2.37. The van der Waals surface area contributed by atoms with Crippen molar-refractivity contribution < 1.29 is 37.3 Å². The summed E-state index contributed by atoms with van der Waals surface area (Å²) in [6.07, 6.45) is 48.1. The van der Waals surface area contributed by atoms with Gasteiger partial charge in [-0.15, -0.1) is 0 Å². The van der Waals surface area contributed by atoms with Crippen LogP contribution in [0.2, 0.25) is 0 Å². The van der Waals surface area contributed by atoms with Gasteiger partial charge in [0, 0.05) is 13.0 Å². The average Bonchev–Trinajstić information content (AvgIpc) is 3.13. The first-order valence-corrected chi connectivity index (χ1v) is 23.5. The predicted molar refractivity (Wildman–Crippen MR) is 231 cm³/mol. The number of ether oxygens (including phenoxy) is 2. The molecule has 9 heteroatoms. The molecule has 0 fully saturated rings. The number of esters is 1. The maximum Gasteiger partial charge on any atom is 0.306 e. The number of carbonyl (C=O) groups is 1. The summed E-state index contributed by atoms with van der Waals surface area (Å²) in [6, 6.07) is 0. The zero-order chi connectivity index (χ0) is 40.6. The van der Waals surface area contributed by atoms with E-state index in [4.69, 9.17) is 18.5 Å². The number of nitrogens with zero attached hydrogens (tertiary/aromatic N) is 1. The molecule has 0 saturated heterocycles. The van der Waals surface area contributed by atoms with Crippen LogP contribution in [0, 0.1) is 0 Å². The summed E-state index contributed by atoms with van der Waals surface area (Å²) in [5.74, 6) is -0.377. The van der Waals surface area contributed by atoms with Crippen molar-refractivity contribution in [3.63, 3.8) is 0 Å². The molecule has 0 amide bonds. The molecule has 55 heavy (non-hydrogen) atoms. The van der Waals surface area contributed by atoms with Gasteiger partial charge in [-0.3, -0.25) is 9.36 Å². The Hall–Kier alpha value is -1.80. The maximum atomic E-state index is 12.6. The summed E-state index contributed by atoms with van der Waals surface area (Å²) in [4.78, 5) is 25.0. The van der Waals surface area contributed by atoms with Crippen LogP contribution in [0.4, 0.5) is 0 Å². The van der Waals surface area contributed by atoms with Crippen LogP contribution in [0.3, 0.4) is 0 Å². The lowest BCUT2D eigenvalue weighted by Gasteiger charge is -2.28. The van der Waals surface area contributed by atoms with Crippen LogP contribution in [0.25, 0.3) is 0 Å². The minimum atomic E-state index is -4.54. The zero-order valence-electron chi connectivity index (χ0n) is 36.1. The van der Waals surface area contributed by atoms with Crippen LogP contribution in [-0.4, -0.2) is 70.7 Å². The molecule has 0 aliphatic rings. The van der Waals surface area contributed by atoms with Crippen LogP contribution >= 0.6 is 7.82 Å². The third-order valence-electron chi connectivity index (χ3n) is 9.05. The van der Waals surface area contributed by atoms with Gasteiger partial charge in [0.2, 0.25) is 0 Å². The van der Waals surface area contributed by atoms with E-state index in [1.165, 1.54) is 89.9 Å². The van der Waals surface area contributed by atoms with E-state index in [2.05, 4.69) is 74.6 Å². The Morgan fingerprint density at radius 1 is 0.582 bits per heavy atom. The van der Waals surface area contributed by atoms with Crippen LogP contribution in [0.15, 0.2) is 60.8 Å². The number of likely N-dealkylation sites (N-methyl/N-ethyl adjacent to an activating group) is 1. The van der Waals surface area contributed by atoms with Crippen molar-refractivity contribution in [2.45, 2.75) is 174 Å². The van der Waals surface area contributed by atoms with Crippen molar-refractivity contribution in [1.29, 1.82) is 0 Å². The molecule has 320 valence electrons. The van der Waals surface area contributed by atoms with E-state index in [1.54, 1.807) is 0 Å². The SMILES string of the molecule is CC/C=C\C/C=C\C/C=C\C/C=C\CCCCC(=O)OC(COCCCCCCCCCC/C=C\CCCCCCCC)COP(=O)([O-])OCC[N+](C)(C)C. The highest BCUT2D eigenvalue weighted by atomic mass is 31.2. The number of unbranched alkanes of at least 4 members (excludes halogenated alkanes) is 16. The second kappa shape index (κ2) is 39.0. The number of allylic oxidation sites excluding steroid dienone is 10. The number of hydrogen-bond acceptors (Lipinski definition) is 7. The fraction of sp³-hybridized carbons (Fsp3) is 0.761. The first kappa shape index (κ1) is 53.2. The largest absolute Gasteiger partial charge is 0.756 e. The Balaban J connectivity index is 4.30. The quantitative estimate of drug-likeness (QED) is 0.0200. The summed E-state index contributed by atoms with van der Waals surface area (Å²) in [5, 5.41) is 0. The first-order valence-electron chi connectivity index (χ1n) is 22.0. The number of quaternary nitrogens is 1. The maximum absolute atomic E-state index is 12.6. The Labute approximate surface area is 339 Å². The number of hydrogen-bond donors (Lipinski definition) is 0. The summed E-state index contributed by atoms with van der Waals surface area (Å²) in [7, 11) is 1.32. The van der Waals surface area contributed by atoms with Gasteiger partial charge in [-0.25, -0.2) is 0 Å². The van der Waals surface area contributed by atoms with E-state index in [-0.39, 0.29) is 32.2 Å². The van der Waals surface area contributed by atoms with Gasteiger partial charge in [-0.05, 0) is 77.0 Å². The molecular weight excluding hydrogens is 709 g/mol. The van der Waals surface area contributed by atoms with Gasteiger partial charge in [0.15, 0.2) is 0 Å². The first-order chi connectivity index (χ1) is 26.6. The molecular formula is C46H84NO7P. The number of phosphoric ester groups is 1. The average molecular weight is 794 g/mol. The highest BCUT2D eigenvalue weighted by Crippen LogP contribution is 2.38. The van der Waals surface area contributed by atoms with Crippen molar-refractivity contribution in [2.75, 3.05) is 54.1 Å². The smallest absolute Gasteiger partial charge is 0.306 e. The van der Waals surface area contributed by atoms with E-state index in [0.717, 1.165) is 51.4 Å². The molecule has 0 aliphatic heterocycles. The van der Waals surface area contributed by atoms with Gasteiger partial charge in [-0.2, -0.15) is 0 Å². The second-order valence-electron chi connectivity index (χ2n) is 15.7. The standard InChI is InChI=1S/C46H84NO7P/c1-6-8-10-12-14-16-18-20-22-23-24-26-28-30-32-34-36-38-41-51-43-45(44-53-55(49,50)52-42-40-47(3,4)5)54-46(48)39-37-35-33-31-29-27-25-21-19-17-15-13-11-9-7-2/h9,11,15,17,20-22,25,29,31,45H,6-8,10,12-14,16,18-19,23-24,26-28,30,32-44H2,1-5H3/b11-9-,17-15-,22-20-,25-21-,31-29-. The molecule has 0 radical (unpaired) electrons. The number of carbonyl (C=O) groups excluding carboxylic acids is 1. The molecule has 0 aromatic heterocycles. The van der Waals surface area contributed by atoms with E-state index in [1.807, 2.05) is 21.1 Å². The minimum absolute atomic E-state index is 0.0151. The van der Waals surface area contributed by atoms with Gasteiger partial charge in [-0.1, -0.05) is 145 Å². The van der Waals surface area contributed by atoms with Crippen LogP contribution in [-0.2, 0) is 27.9 Å².